The van der Waals surface area contributed by atoms with E-state index < -0.39 is 0 Å². The topological polar surface area (TPSA) is 47.3 Å². The van der Waals surface area contributed by atoms with E-state index in [4.69, 9.17) is 22.1 Å². The molecule has 1 unspecified atom stereocenters. The predicted molar refractivity (Wildman–Crippen MR) is 66.0 cm³/mol. The summed E-state index contributed by atoms with van der Waals surface area (Å²) in [7, 11) is 3.54. The number of benzene rings is 1. The van der Waals surface area contributed by atoms with E-state index in [-0.39, 0.29) is 11.6 Å². The maximum absolute atomic E-state index is 6.22. The predicted octanol–water partition coefficient (Wildman–Crippen LogP) is 2.10. The molecule has 0 radical (unpaired) electrons. The van der Waals surface area contributed by atoms with Gasteiger partial charge in [0, 0.05) is 5.54 Å². The van der Waals surface area contributed by atoms with Crippen molar-refractivity contribution in [2.45, 2.75) is 24.4 Å². The number of likely N-dealkylation sites (N-methyl/N-ethyl adjacent to an activating group) is 1. The second-order valence-electron chi connectivity index (χ2n) is 4.35. The first-order chi connectivity index (χ1) is 7.60. The fourth-order valence-electron chi connectivity index (χ4n) is 2.08. The van der Waals surface area contributed by atoms with E-state index in [0.29, 0.717) is 10.8 Å². The van der Waals surface area contributed by atoms with Crippen LogP contribution < -0.4 is 15.8 Å². The molecule has 0 saturated heterocycles. The minimum Gasteiger partial charge on any atom is -0.495 e. The van der Waals surface area contributed by atoms with Gasteiger partial charge >= 0.3 is 0 Å². The average molecular weight is 241 g/mol. The van der Waals surface area contributed by atoms with E-state index in [1.807, 2.05) is 25.2 Å². The second-order valence-corrected chi connectivity index (χ2v) is 4.76. The third kappa shape index (κ3) is 2.03. The van der Waals surface area contributed by atoms with Crippen LogP contribution in [0, 0.1) is 0 Å². The van der Waals surface area contributed by atoms with Crippen LogP contribution in [-0.4, -0.2) is 19.7 Å². The largest absolute Gasteiger partial charge is 0.495 e. The van der Waals surface area contributed by atoms with Crippen LogP contribution in [0.2, 0.25) is 5.02 Å². The Hall–Kier alpha value is -0.770. The Labute approximate surface area is 101 Å². The normalized spacial score (nSPS) is 19.2. The molecule has 0 amide bonds. The van der Waals surface area contributed by atoms with Crippen molar-refractivity contribution in [3.8, 4) is 5.75 Å². The highest BCUT2D eigenvalue weighted by Crippen LogP contribution is 2.44. The van der Waals surface area contributed by atoms with Crippen molar-refractivity contribution >= 4 is 11.6 Å². The van der Waals surface area contributed by atoms with E-state index >= 15 is 0 Å². The summed E-state index contributed by atoms with van der Waals surface area (Å²) in [5.41, 5.74) is 7.23. The first kappa shape index (κ1) is 11.7. The van der Waals surface area contributed by atoms with Gasteiger partial charge in [0.1, 0.15) is 5.75 Å². The van der Waals surface area contributed by atoms with Gasteiger partial charge in [-0.3, -0.25) is 0 Å². The first-order valence-corrected chi connectivity index (χ1v) is 5.78. The van der Waals surface area contributed by atoms with Gasteiger partial charge in [0.2, 0.25) is 0 Å². The van der Waals surface area contributed by atoms with E-state index in [0.717, 1.165) is 18.4 Å². The molecule has 0 spiro atoms. The summed E-state index contributed by atoms with van der Waals surface area (Å²) in [6.45, 7) is 0. The lowest BCUT2D eigenvalue weighted by Gasteiger charge is -2.23. The minimum absolute atomic E-state index is 0.104. The SMILES string of the molecule is CNC(c1ccc(OC)c(Cl)c1)C1(N)CC1. The van der Waals surface area contributed by atoms with Gasteiger partial charge in [0.05, 0.1) is 18.2 Å². The summed E-state index contributed by atoms with van der Waals surface area (Å²) in [5.74, 6) is 0.696. The fraction of sp³-hybridized carbons (Fsp3) is 0.500. The number of halogens is 1. The number of methoxy groups -OCH3 is 1. The van der Waals surface area contributed by atoms with Crippen LogP contribution in [0.15, 0.2) is 18.2 Å². The second kappa shape index (κ2) is 4.24. The third-order valence-corrected chi connectivity index (χ3v) is 3.50. The van der Waals surface area contributed by atoms with Gasteiger partial charge in [-0.05, 0) is 37.6 Å². The van der Waals surface area contributed by atoms with E-state index in [9.17, 15) is 0 Å². The van der Waals surface area contributed by atoms with Crippen LogP contribution in [0.3, 0.4) is 0 Å². The lowest BCUT2D eigenvalue weighted by atomic mass is 9.98. The van der Waals surface area contributed by atoms with Crippen molar-refractivity contribution < 1.29 is 4.74 Å². The Morgan fingerprint density at radius 3 is 2.62 bits per heavy atom. The molecule has 1 aliphatic carbocycles. The molecule has 0 heterocycles. The molecule has 0 bridgehead atoms. The zero-order valence-corrected chi connectivity index (χ0v) is 10.3. The van der Waals surface area contributed by atoms with E-state index in [1.165, 1.54) is 0 Å². The molecule has 3 nitrogen and oxygen atoms in total. The smallest absolute Gasteiger partial charge is 0.137 e. The Kier molecular flexibility index (Phi) is 3.10. The number of nitrogens with two attached hydrogens (primary N) is 1. The molecule has 0 aromatic heterocycles. The lowest BCUT2D eigenvalue weighted by molar-refractivity contribution is 0.413. The molecule has 0 aliphatic heterocycles. The molecule has 1 aromatic rings. The van der Waals surface area contributed by atoms with Gasteiger partial charge in [-0.1, -0.05) is 17.7 Å². The molecule has 3 N–H and O–H groups in total. The molecule has 4 heteroatoms. The van der Waals surface area contributed by atoms with Crippen LogP contribution >= 0.6 is 11.6 Å². The molecule has 88 valence electrons. The molecular formula is C12H17ClN2O. The average Bonchev–Trinajstić information content (AvgIpc) is 2.98. The summed E-state index contributed by atoms with van der Waals surface area (Å²) < 4.78 is 5.13. The lowest BCUT2D eigenvalue weighted by Crippen LogP contribution is -2.38. The molecule has 1 aromatic carbocycles. The highest BCUT2D eigenvalue weighted by Gasteiger charge is 2.45. The van der Waals surface area contributed by atoms with Crippen molar-refractivity contribution in [3.05, 3.63) is 28.8 Å². The molecule has 1 aliphatic rings. The maximum atomic E-state index is 6.22. The third-order valence-electron chi connectivity index (χ3n) is 3.20. The highest BCUT2D eigenvalue weighted by molar-refractivity contribution is 6.32. The van der Waals surface area contributed by atoms with Crippen molar-refractivity contribution in [1.82, 2.24) is 5.32 Å². The van der Waals surface area contributed by atoms with E-state index in [1.54, 1.807) is 7.11 Å². The standard InChI is InChI=1S/C12H17ClN2O/c1-15-11(12(14)5-6-12)8-3-4-10(16-2)9(13)7-8/h3-4,7,11,15H,5-6,14H2,1-2H3. The molecule has 1 saturated carbocycles. The summed E-state index contributed by atoms with van der Waals surface area (Å²) in [6, 6.07) is 5.98. The molecule has 16 heavy (non-hydrogen) atoms. The number of rotatable bonds is 4. The Morgan fingerprint density at radius 1 is 1.50 bits per heavy atom. The summed E-state index contributed by atoms with van der Waals surface area (Å²) in [6.07, 6.45) is 2.12. The number of hydrogen-bond acceptors (Lipinski definition) is 3. The van der Waals surface area contributed by atoms with Crippen LogP contribution in [-0.2, 0) is 0 Å². The minimum atomic E-state index is -0.104. The van der Waals surface area contributed by atoms with Crippen molar-refractivity contribution in [2.24, 2.45) is 5.73 Å². The number of nitrogens with one attached hydrogen (secondary N) is 1. The van der Waals surface area contributed by atoms with Gasteiger partial charge in [-0.25, -0.2) is 0 Å². The van der Waals surface area contributed by atoms with E-state index in [2.05, 4.69) is 5.32 Å². The van der Waals surface area contributed by atoms with Crippen molar-refractivity contribution in [1.29, 1.82) is 0 Å². The van der Waals surface area contributed by atoms with Crippen LogP contribution in [0.1, 0.15) is 24.4 Å². The van der Waals surface area contributed by atoms with Crippen LogP contribution in [0.25, 0.3) is 0 Å². The van der Waals surface area contributed by atoms with Gasteiger partial charge in [0.15, 0.2) is 0 Å². The van der Waals surface area contributed by atoms with Gasteiger partial charge in [-0.2, -0.15) is 0 Å². The van der Waals surface area contributed by atoms with Crippen molar-refractivity contribution in [3.63, 3.8) is 0 Å². The molecule has 2 rings (SSSR count). The van der Waals surface area contributed by atoms with Crippen LogP contribution in [0.4, 0.5) is 0 Å². The van der Waals surface area contributed by atoms with Gasteiger partial charge < -0.3 is 15.8 Å². The Balaban J connectivity index is 2.29. The molecule has 1 atom stereocenters. The number of ether oxygens (including phenoxy) is 1. The number of hydrogen-bond donors (Lipinski definition) is 2. The fourth-order valence-corrected chi connectivity index (χ4v) is 2.35. The quantitative estimate of drug-likeness (QED) is 0.848. The highest BCUT2D eigenvalue weighted by atomic mass is 35.5. The molecular weight excluding hydrogens is 224 g/mol. The summed E-state index contributed by atoms with van der Waals surface area (Å²) in [5, 5.41) is 3.89. The van der Waals surface area contributed by atoms with Crippen molar-refractivity contribution in [2.75, 3.05) is 14.2 Å². The van der Waals surface area contributed by atoms with Gasteiger partial charge in [0.25, 0.3) is 0 Å². The van der Waals surface area contributed by atoms with Crippen LogP contribution in [0.5, 0.6) is 5.75 Å². The monoisotopic (exact) mass is 240 g/mol. The Bertz CT molecular complexity index is 391. The maximum Gasteiger partial charge on any atom is 0.137 e. The zero-order valence-electron chi connectivity index (χ0n) is 9.59. The first-order valence-electron chi connectivity index (χ1n) is 5.40. The summed E-state index contributed by atoms with van der Waals surface area (Å²) in [4.78, 5) is 0. The summed E-state index contributed by atoms with van der Waals surface area (Å²) >= 11 is 6.11. The Morgan fingerprint density at radius 2 is 2.19 bits per heavy atom. The zero-order chi connectivity index (χ0) is 11.8. The van der Waals surface area contributed by atoms with Gasteiger partial charge in [-0.15, -0.1) is 0 Å². The molecule has 1 fully saturated rings.